The second-order valence-electron chi connectivity index (χ2n) is 10.1. The molecule has 1 saturated heterocycles. The molecule has 0 radical (unpaired) electrons. The van der Waals surface area contributed by atoms with E-state index in [0.717, 1.165) is 57.8 Å². The number of carbonyl (C=O) groups is 3. The number of hydrogen-bond acceptors (Lipinski definition) is 4. The van der Waals surface area contributed by atoms with Crippen molar-refractivity contribution in [3.63, 3.8) is 0 Å². The van der Waals surface area contributed by atoms with Crippen molar-refractivity contribution in [1.29, 1.82) is 0 Å². The van der Waals surface area contributed by atoms with Crippen LogP contribution in [0.2, 0.25) is 0 Å². The van der Waals surface area contributed by atoms with Crippen LogP contribution in [0.4, 0.5) is 0 Å². The van der Waals surface area contributed by atoms with Crippen molar-refractivity contribution < 1.29 is 19.1 Å². The van der Waals surface area contributed by atoms with Gasteiger partial charge in [0.05, 0.1) is 12.6 Å². The van der Waals surface area contributed by atoms with Gasteiger partial charge in [-0.05, 0) is 50.7 Å². The Labute approximate surface area is 203 Å². The maximum absolute atomic E-state index is 13.8. The van der Waals surface area contributed by atoms with Crippen LogP contribution in [0, 0.1) is 0 Å². The van der Waals surface area contributed by atoms with E-state index in [9.17, 15) is 14.4 Å². The van der Waals surface area contributed by atoms with Crippen molar-refractivity contribution in [2.45, 2.75) is 94.7 Å². The predicted molar refractivity (Wildman–Crippen MR) is 130 cm³/mol. The predicted octanol–water partition coefficient (Wildman–Crippen LogP) is 3.58. The van der Waals surface area contributed by atoms with Crippen molar-refractivity contribution in [1.82, 2.24) is 15.5 Å². The van der Waals surface area contributed by atoms with E-state index in [1.165, 1.54) is 6.42 Å². The first kappa shape index (κ1) is 24.7. The molecule has 3 aliphatic rings. The number of nitrogens with zero attached hydrogens (tertiary/aromatic N) is 1. The number of amides is 3. The second kappa shape index (κ2) is 11.8. The molecule has 2 aliphatic carbocycles. The van der Waals surface area contributed by atoms with Crippen molar-refractivity contribution in [2.75, 3.05) is 19.7 Å². The van der Waals surface area contributed by atoms with Crippen molar-refractivity contribution >= 4 is 17.7 Å². The highest BCUT2D eigenvalue weighted by Crippen LogP contribution is 2.36. The first-order valence-corrected chi connectivity index (χ1v) is 13.1. The van der Waals surface area contributed by atoms with Gasteiger partial charge in [-0.3, -0.25) is 14.4 Å². The van der Waals surface area contributed by atoms with Gasteiger partial charge in [0.1, 0.15) is 5.54 Å². The summed E-state index contributed by atoms with van der Waals surface area (Å²) in [6.45, 7) is 0.968. The van der Waals surface area contributed by atoms with E-state index in [2.05, 4.69) is 10.6 Å². The third-order valence-electron chi connectivity index (χ3n) is 7.71. The number of benzene rings is 1. The minimum atomic E-state index is -0.865. The maximum Gasteiger partial charge on any atom is 0.251 e. The number of nitrogens with one attached hydrogen (secondary N) is 2. The van der Waals surface area contributed by atoms with Gasteiger partial charge >= 0.3 is 0 Å². The number of ether oxygens (including phenoxy) is 1. The van der Waals surface area contributed by atoms with Crippen LogP contribution in [0.5, 0.6) is 0 Å². The largest absolute Gasteiger partial charge is 0.376 e. The highest BCUT2D eigenvalue weighted by Gasteiger charge is 2.48. The van der Waals surface area contributed by atoms with Crippen LogP contribution in [0.25, 0.3) is 0 Å². The molecule has 1 atom stereocenters. The molecule has 3 fully saturated rings. The van der Waals surface area contributed by atoms with E-state index in [0.29, 0.717) is 31.6 Å². The zero-order valence-corrected chi connectivity index (χ0v) is 20.2. The molecular formula is C27H39N3O4. The molecule has 1 aromatic rings. The van der Waals surface area contributed by atoms with Gasteiger partial charge in [-0.1, -0.05) is 56.7 Å². The average Bonchev–Trinajstić information content (AvgIpc) is 3.40. The minimum absolute atomic E-state index is 0.0140. The molecular weight excluding hydrogens is 430 g/mol. The average molecular weight is 470 g/mol. The summed E-state index contributed by atoms with van der Waals surface area (Å²) < 4.78 is 5.88. The van der Waals surface area contributed by atoms with Crippen LogP contribution < -0.4 is 10.6 Å². The molecule has 186 valence electrons. The lowest BCUT2D eigenvalue weighted by atomic mass is 9.78. The topological polar surface area (TPSA) is 87.7 Å². The molecule has 0 aromatic heterocycles. The first-order chi connectivity index (χ1) is 16.6. The third-order valence-corrected chi connectivity index (χ3v) is 7.71. The molecule has 1 aromatic carbocycles. The van der Waals surface area contributed by atoms with E-state index in [4.69, 9.17) is 4.74 Å². The number of hydrogen-bond donors (Lipinski definition) is 2. The lowest BCUT2D eigenvalue weighted by molar-refractivity contribution is -0.152. The Kier molecular flexibility index (Phi) is 8.59. The molecule has 7 heteroatoms. The number of rotatable bonds is 8. The molecule has 2 saturated carbocycles. The zero-order chi connectivity index (χ0) is 23.8. The Hall–Kier alpha value is -2.41. The van der Waals surface area contributed by atoms with Gasteiger partial charge in [-0.2, -0.15) is 0 Å². The van der Waals surface area contributed by atoms with Gasteiger partial charge in [0.2, 0.25) is 11.8 Å². The van der Waals surface area contributed by atoms with Crippen molar-refractivity contribution in [3.05, 3.63) is 35.9 Å². The van der Waals surface area contributed by atoms with Gasteiger partial charge in [0.25, 0.3) is 5.91 Å². The molecule has 0 unspecified atom stereocenters. The van der Waals surface area contributed by atoms with Gasteiger partial charge in [-0.25, -0.2) is 0 Å². The third kappa shape index (κ3) is 5.98. The lowest BCUT2D eigenvalue weighted by Crippen LogP contribution is -2.65. The molecule has 4 rings (SSSR count). The standard InChI is InChI=1S/C27H39N3O4/c31-24(19-28-25(32)21-11-4-1-5-12-21)30(20-23-15-10-18-34-23)27(16-8-3-9-17-27)26(33)29-22-13-6-2-7-14-22/h1,4-5,11-12,22-23H,2-3,6-10,13-20H2,(H,28,32)(H,29,33)/t23-/m0/s1. The smallest absolute Gasteiger partial charge is 0.251 e. The quantitative estimate of drug-likeness (QED) is 0.609. The molecule has 1 heterocycles. The van der Waals surface area contributed by atoms with Gasteiger partial charge in [0.15, 0.2) is 0 Å². The summed E-state index contributed by atoms with van der Waals surface area (Å²) in [6.07, 6.45) is 11.6. The Bertz CT molecular complexity index is 826. The fraction of sp³-hybridized carbons (Fsp3) is 0.667. The van der Waals surface area contributed by atoms with E-state index in [-0.39, 0.29) is 36.4 Å². The SMILES string of the molecule is O=C(NCC(=O)N(C[C@@H]1CCCO1)C1(C(=O)NC2CCCCC2)CCCCC1)c1ccccc1. The molecule has 1 aliphatic heterocycles. The Morgan fingerprint density at radius 3 is 2.29 bits per heavy atom. The molecule has 2 N–H and O–H groups in total. The van der Waals surface area contributed by atoms with E-state index in [1.54, 1.807) is 29.2 Å². The Balaban J connectivity index is 1.52. The van der Waals surface area contributed by atoms with Crippen molar-refractivity contribution in [3.8, 4) is 0 Å². The second-order valence-corrected chi connectivity index (χ2v) is 10.1. The lowest BCUT2D eigenvalue weighted by Gasteiger charge is -2.46. The van der Waals surface area contributed by atoms with Crippen LogP contribution in [0.3, 0.4) is 0 Å². The molecule has 7 nitrogen and oxygen atoms in total. The normalized spacial score (nSPS) is 22.6. The maximum atomic E-state index is 13.8. The highest BCUT2D eigenvalue weighted by atomic mass is 16.5. The summed E-state index contributed by atoms with van der Waals surface area (Å²) in [7, 11) is 0. The fourth-order valence-corrected chi connectivity index (χ4v) is 5.77. The van der Waals surface area contributed by atoms with Crippen LogP contribution in [-0.4, -0.2) is 60.0 Å². The molecule has 0 spiro atoms. The first-order valence-electron chi connectivity index (χ1n) is 13.1. The summed E-state index contributed by atoms with van der Waals surface area (Å²) in [5.41, 5.74) is -0.348. The highest BCUT2D eigenvalue weighted by molar-refractivity contribution is 5.97. The fourth-order valence-electron chi connectivity index (χ4n) is 5.77. The van der Waals surface area contributed by atoms with Crippen LogP contribution in [0.15, 0.2) is 30.3 Å². The summed E-state index contributed by atoms with van der Waals surface area (Å²) in [5.74, 6) is -0.504. The monoisotopic (exact) mass is 469 g/mol. The van der Waals surface area contributed by atoms with E-state index < -0.39 is 5.54 Å². The number of carbonyl (C=O) groups excluding carboxylic acids is 3. The minimum Gasteiger partial charge on any atom is -0.376 e. The summed E-state index contributed by atoms with van der Waals surface area (Å²) in [5, 5.41) is 6.10. The van der Waals surface area contributed by atoms with Gasteiger partial charge in [0, 0.05) is 24.8 Å². The van der Waals surface area contributed by atoms with E-state index in [1.807, 2.05) is 6.07 Å². The van der Waals surface area contributed by atoms with E-state index >= 15 is 0 Å². The van der Waals surface area contributed by atoms with Crippen molar-refractivity contribution in [2.24, 2.45) is 0 Å². The zero-order valence-electron chi connectivity index (χ0n) is 20.2. The van der Waals surface area contributed by atoms with Gasteiger partial charge in [-0.15, -0.1) is 0 Å². The van der Waals surface area contributed by atoms with Crippen LogP contribution in [0.1, 0.15) is 87.4 Å². The Morgan fingerprint density at radius 1 is 0.912 bits per heavy atom. The Morgan fingerprint density at radius 2 is 1.62 bits per heavy atom. The summed E-state index contributed by atoms with van der Waals surface area (Å²) >= 11 is 0. The summed E-state index contributed by atoms with van der Waals surface area (Å²) in [4.78, 5) is 41.8. The summed E-state index contributed by atoms with van der Waals surface area (Å²) in [6, 6.07) is 9.09. The van der Waals surface area contributed by atoms with Gasteiger partial charge < -0.3 is 20.3 Å². The molecule has 0 bridgehead atoms. The van der Waals surface area contributed by atoms with Crippen LogP contribution in [-0.2, 0) is 14.3 Å². The van der Waals surface area contributed by atoms with Crippen LogP contribution >= 0.6 is 0 Å². The molecule has 34 heavy (non-hydrogen) atoms. The molecule has 3 amide bonds.